The van der Waals surface area contributed by atoms with Gasteiger partial charge in [-0.25, -0.2) is 9.98 Å². The third-order valence-corrected chi connectivity index (χ3v) is 8.92. The van der Waals surface area contributed by atoms with Gasteiger partial charge < -0.3 is 0 Å². The molecule has 4 aromatic rings. The molecule has 0 atom stereocenters. The summed E-state index contributed by atoms with van der Waals surface area (Å²) in [5, 5.41) is 4.59. The molecule has 0 N–H and O–H groups in total. The highest BCUT2D eigenvalue weighted by Gasteiger charge is 2.25. The molecule has 232 valence electrons. The molecule has 0 amide bonds. The minimum Gasteiger partial charge on any atom is -0.248 e. The van der Waals surface area contributed by atoms with Crippen molar-refractivity contribution in [2.45, 2.75) is 34.6 Å². The maximum absolute atomic E-state index is 5.12. The second kappa shape index (κ2) is 13.8. The maximum Gasteiger partial charge on any atom is 0.0788 e. The van der Waals surface area contributed by atoms with E-state index >= 15 is 0 Å². The molecule has 4 aromatic carbocycles. The van der Waals surface area contributed by atoms with Crippen LogP contribution in [0.1, 0.15) is 44.4 Å². The Balaban J connectivity index is 1.74. The molecule has 0 aliphatic heterocycles. The van der Waals surface area contributed by atoms with Gasteiger partial charge in [0.25, 0.3) is 0 Å². The summed E-state index contributed by atoms with van der Waals surface area (Å²) in [6.07, 6.45) is 13.6. The molecule has 0 saturated carbocycles. The molecular weight excluding hydrogens is 569 g/mol. The Hall–Kier alpha value is -5.60. The Bertz CT molecular complexity index is 2200. The Labute approximate surface area is 280 Å². The summed E-state index contributed by atoms with van der Waals surface area (Å²) in [6, 6.07) is 21.8. The summed E-state index contributed by atoms with van der Waals surface area (Å²) < 4.78 is 0. The lowest BCUT2D eigenvalue weighted by molar-refractivity contribution is 1.25. The van der Waals surface area contributed by atoms with E-state index in [9.17, 15) is 0 Å². The van der Waals surface area contributed by atoms with E-state index in [1.54, 1.807) is 6.08 Å². The van der Waals surface area contributed by atoms with Crippen LogP contribution in [0.5, 0.6) is 0 Å². The quantitative estimate of drug-likeness (QED) is 0.102. The molecule has 0 aromatic heterocycles. The SMILES string of the molecule is C=CC(=Nc1c(C)c2ccc(-c3ccc4c(c3)C(C=C)=C(C=C)C(=C)C4=NC(=C/C)/C(C)=C\C)cc2c2ccccc12)C(=C)/C=C\C. The van der Waals surface area contributed by atoms with Gasteiger partial charge >= 0.3 is 0 Å². The number of hydrogen-bond acceptors (Lipinski definition) is 2. The monoisotopic (exact) mass is 610 g/mol. The van der Waals surface area contributed by atoms with Crippen LogP contribution < -0.4 is 0 Å². The van der Waals surface area contributed by atoms with E-state index in [-0.39, 0.29) is 0 Å². The lowest BCUT2D eigenvalue weighted by Crippen LogP contribution is -2.15. The van der Waals surface area contributed by atoms with Gasteiger partial charge in [-0.3, -0.25) is 0 Å². The van der Waals surface area contributed by atoms with E-state index in [1.807, 2.05) is 51.2 Å². The van der Waals surface area contributed by atoms with Gasteiger partial charge in [-0.1, -0.05) is 118 Å². The average Bonchev–Trinajstić information content (AvgIpc) is 3.10. The largest absolute Gasteiger partial charge is 0.248 e. The van der Waals surface area contributed by atoms with Gasteiger partial charge in [0.1, 0.15) is 0 Å². The van der Waals surface area contributed by atoms with Gasteiger partial charge in [0.05, 0.1) is 22.8 Å². The first-order chi connectivity index (χ1) is 22.7. The highest BCUT2D eigenvalue weighted by molar-refractivity contribution is 6.23. The van der Waals surface area contributed by atoms with E-state index in [2.05, 4.69) is 113 Å². The average molecular weight is 611 g/mol. The fraction of sp³-hybridized carbons (Fsp3) is 0.111. The highest BCUT2D eigenvalue weighted by atomic mass is 14.8. The normalized spacial score (nSPS) is 15.1. The number of aryl methyl sites for hydroxylation is 1. The third kappa shape index (κ3) is 5.91. The zero-order chi connectivity index (χ0) is 33.8. The van der Waals surface area contributed by atoms with E-state index in [0.717, 1.165) is 94.6 Å². The lowest BCUT2D eigenvalue weighted by atomic mass is 9.80. The van der Waals surface area contributed by atoms with E-state index in [4.69, 9.17) is 9.98 Å². The first-order valence-electron chi connectivity index (χ1n) is 15.9. The molecule has 0 unspecified atom stereocenters. The number of rotatable bonds is 9. The van der Waals surface area contributed by atoms with Crippen molar-refractivity contribution in [2.75, 3.05) is 0 Å². The van der Waals surface area contributed by atoms with Gasteiger partial charge in [0, 0.05) is 16.5 Å². The molecule has 2 nitrogen and oxygen atoms in total. The minimum absolute atomic E-state index is 0.763. The van der Waals surface area contributed by atoms with Gasteiger partial charge in [-0.2, -0.15) is 0 Å². The fourth-order valence-electron chi connectivity index (χ4n) is 6.31. The zero-order valence-corrected chi connectivity index (χ0v) is 28.2. The van der Waals surface area contributed by atoms with Crippen molar-refractivity contribution in [3.8, 4) is 11.1 Å². The number of hydrogen-bond donors (Lipinski definition) is 0. The topological polar surface area (TPSA) is 24.7 Å². The highest BCUT2D eigenvalue weighted by Crippen LogP contribution is 2.42. The second-order valence-corrected chi connectivity index (χ2v) is 11.6. The molecule has 0 heterocycles. The summed E-state index contributed by atoms with van der Waals surface area (Å²) in [5.41, 5.74) is 13.7. The van der Waals surface area contributed by atoms with Crippen molar-refractivity contribution in [1.29, 1.82) is 0 Å². The van der Waals surface area contributed by atoms with Crippen LogP contribution in [0.4, 0.5) is 5.69 Å². The van der Waals surface area contributed by atoms with E-state index < -0.39 is 0 Å². The Morgan fingerprint density at radius 3 is 2.06 bits per heavy atom. The van der Waals surface area contributed by atoms with Gasteiger partial charge in [0.15, 0.2) is 0 Å². The van der Waals surface area contributed by atoms with Crippen LogP contribution in [0.25, 0.3) is 38.2 Å². The summed E-state index contributed by atoms with van der Waals surface area (Å²) >= 11 is 0. The maximum atomic E-state index is 5.12. The molecular formula is C45H42N2. The summed E-state index contributed by atoms with van der Waals surface area (Å²) in [6.45, 7) is 31.2. The predicted molar refractivity (Wildman–Crippen MR) is 209 cm³/mol. The van der Waals surface area contributed by atoms with Crippen molar-refractivity contribution in [3.63, 3.8) is 0 Å². The summed E-state index contributed by atoms with van der Waals surface area (Å²) in [4.78, 5) is 10.2. The molecule has 1 aliphatic rings. The van der Waals surface area contributed by atoms with Crippen LogP contribution >= 0.6 is 0 Å². The van der Waals surface area contributed by atoms with Gasteiger partial charge in [0.2, 0.25) is 0 Å². The van der Waals surface area contributed by atoms with Crippen molar-refractivity contribution < 1.29 is 0 Å². The van der Waals surface area contributed by atoms with Crippen LogP contribution in [0.2, 0.25) is 0 Å². The second-order valence-electron chi connectivity index (χ2n) is 11.6. The van der Waals surface area contributed by atoms with Crippen molar-refractivity contribution >= 4 is 44.2 Å². The molecule has 0 bridgehead atoms. The molecule has 0 radical (unpaired) electrons. The molecule has 5 rings (SSSR count). The van der Waals surface area contributed by atoms with Crippen molar-refractivity contribution in [2.24, 2.45) is 9.98 Å². The molecule has 0 saturated heterocycles. The first-order valence-corrected chi connectivity index (χ1v) is 15.9. The fourth-order valence-corrected chi connectivity index (χ4v) is 6.31. The van der Waals surface area contributed by atoms with Crippen LogP contribution in [-0.4, -0.2) is 11.4 Å². The number of aliphatic imine (C=N–C) groups is 2. The number of allylic oxidation sites excluding steroid dienone is 12. The molecule has 1 aliphatic carbocycles. The zero-order valence-electron chi connectivity index (χ0n) is 28.2. The lowest BCUT2D eigenvalue weighted by Gasteiger charge is -2.25. The standard InChI is InChI=1S/C45H42N2/c1-11-19-29(8)43(16-6)47-45-31(10)36-24-22-32(27-41(36)37-20-17-18-21-38(37)45)33-23-25-39-40(26-33)35(14-4)34(13-3)30(9)44(39)46-42(15-5)28(7)12-2/h11-27H,3-4,6,8-9H2,1-2,5,7,10H3/b19-11-,28-12-,42-15+,46-44?,47-43?. The van der Waals surface area contributed by atoms with Gasteiger partial charge in [-0.05, 0) is 114 Å². The Morgan fingerprint density at radius 1 is 0.745 bits per heavy atom. The molecule has 0 fully saturated rings. The molecule has 0 spiro atoms. The van der Waals surface area contributed by atoms with Gasteiger partial charge in [-0.15, -0.1) is 0 Å². The molecule has 2 heteroatoms. The minimum atomic E-state index is 0.763. The van der Waals surface area contributed by atoms with Crippen LogP contribution in [-0.2, 0) is 0 Å². The molecule has 47 heavy (non-hydrogen) atoms. The third-order valence-electron chi connectivity index (χ3n) is 8.92. The number of nitrogens with zero attached hydrogens (tertiary/aromatic N) is 2. The smallest absolute Gasteiger partial charge is 0.0788 e. The van der Waals surface area contributed by atoms with Crippen LogP contribution in [0.15, 0.2) is 174 Å². The Morgan fingerprint density at radius 2 is 1.43 bits per heavy atom. The van der Waals surface area contributed by atoms with Crippen molar-refractivity contribution in [3.05, 3.63) is 181 Å². The van der Waals surface area contributed by atoms with Crippen LogP contribution in [0.3, 0.4) is 0 Å². The van der Waals surface area contributed by atoms with Crippen molar-refractivity contribution in [1.82, 2.24) is 0 Å². The number of fused-ring (bicyclic) bond motifs is 4. The summed E-state index contributed by atoms with van der Waals surface area (Å²) in [7, 11) is 0. The predicted octanol–water partition coefficient (Wildman–Crippen LogP) is 12.7. The summed E-state index contributed by atoms with van der Waals surface area (Å²) in [5.74, 6) is 0. The Kier molecular flexibility index (Phi) is 9.63. The number of benzene rings is 4. The first kappa shape index (κ1) is 32.8. The van der Waals surface area contributed by atoms with E-state index in [0.29, 0.717) is 0 Å². The van der Waals surface area contributed by atoms with Crippen LogP contribution in [0, 0.1) is 6.92 Å². The van der Waals surface area contributed by atoms with E-state index in [1.165, 1.54) is 5.39 Å².